The number of epoxide rings is 1. The molecule has 0 aliphatic carbocycles. The first-order valence-corrected chi connectivity index (χ1v) is 4.91. The summed E-state index contributed by atoms with van der Waals surface area (Å²) in [5.74, 6) is -1.63. The van der Waals surface area contributed by atoms with Crippen molar-refractivity contribution < 1.29 is 13.5 Å². The number of hydrogen-bond donors (Lipinski definition) is 0. The van der Waals surface area contributed by atoms with Gasteiger partial charge in [0.25, 0.3) is 0 Å². The molecule has 17 heavy (non-hydrogen) atoms. The van der Waals surface area contributed by atoms with Crippen LogP contribution in [0.25, 0.3) is 0 Å². The van der Waals surface area contributed by atoms with Crippen molar-refractivity contribution in [1.82, 2.24) is 14.8 Å². The molecular formula is C11H11F2N3O. The molecule has 0 spiro atoms. The van der Waals surface area contributed by atoms with Crippen molar-refractivity contribution in [3.05, 3.63) is 49.1 Å². The van der Waals surface area contributed by atoms with Crippen molar-refractivity contribution in [3.63, 3.8) is 0 Å². The van der Waals surface area contributed by atoms with Crippen LogP contribution in [0.5, 0.6) is 0 Å². The van der Waals surface area contributed by atoms with Gasteiger partial charge in [-0.15, -0.1) is 0 Å². The molecule has 0 amide bonds. The average molecular weight is 239 g/mol. The highest BCUT2D eigenvalue weighted by molar-refractivity contribution is 5.37. The highest BCUT2D eigenvalue weighted by atomic mass is 19.1. The van der Waals surface area contributed by atoms with Crippen molar-refractivity contribution >= 4 is 0 Å². The summed E-state index contributed by atoms with van der Waals surface area (Å²) in [7, 11) is 0. The molecule has 1 atom stereocenters. The smallest absolute Gasteiger partial charge is 0.138 e. The molecule has 1 fully saturated rings. The SMILES string of the molecule is C=C(F)C=C(F)C(=C)C1(Cn2cncn2)CO1. The Balaban J connectivity index is 2.11. The summed E-state index contributed by atoms with van der Waals surface area (Å²) < 4.78 is 32.7. The molecular weight excluding hydrogens is 228 g/mol. The van der Waals surface area contributed by atoms with Gasteiger partial charge in [0.1, 0.15) is 29.9 Å². The van der Waals surface area contributed by atoms with Crippen LogP contribution >= 0.6 is 0 Å². The molecule has 4 nitrogen and oxygen atoms in total. The predicted octanol–water partition coefficient (Wildman–Crippen LogP) is 1.94. The van der Waals surface area contributed by atoms with Gasteiger partial charge >= 0.3 is 0 Å². The van der Waals surface area contributed by atoms with E-state index in [9.17, 15) is 8.78 Å². The minimum Gasteiger partial charge on any atom is -0.362 e. The number of ether oxygens (including phenoxy) is 1. The number of aromatic nitrogens is 3. The molecule has 0 N–H and O–H groups in total. The molecule has 0 bridgehead atoms. The van der Waals surface area contributed by atoms with Gasteiger partial charge in [0.2, 0.25) is 0 Å². The maximum absolute atomic E-state index is 13.5. The maximum atomic E-state index is 13.5. The fourth-order valence-electron chi connectivity index (χ4n) is 1.47. The van der Waals surface area contributed by atoms with Gasteiger partial charge < -0.3 is 4.74 Å². The van der Waals surface area contributed by atoms with Gasteiger partial charge in [-0.3, -0.25) is 0 Å². The summed E-state index contributed by atoms with van der Waals surface area (Å²) in [5, 5.41) is 3.89. The molecule has 6 heteroatoms. The summed E-state index contributed by atoms with van der Waals surface area (Å²) in [5.41, 5.74) is -0.754. The summed E-state index contributed by atoms with van der Waals surface area (Å²) >= 11 is 0. The number of hydrogen-bond acceptors (Lipinski definition) is 3. The highest BCUT2D eigenvalue weighted by Gasteiger charge is 2.49. The van der Waals surface area contributed by atoms with Crippen LogP contribution in [0.15, 0.2) is 49.1 Å². The first-order valence-electron chi connectivity index (χ1n) is 4.91. The van der Waals surface area contributed by atoms with E-state index in [1.54, 1.807) is 0 Å². The van der Waals surface area contributed by atoms with Gasteiger partial charge in [0.15, 0.2) is 0 Å². The first-order chi connectivity index (χ1) is 8.03. The van der Waals surface area contributed by atoms with E-state index < -0.39 is 17.3 Å². The molecule has 0 saturated carbocycles. The highest BCUT2D eigenvalue weighted by Crippen LogP contribution is 2.40. The fourth-order valence-corrected chi connectivity index (χ4v) is 1.47. The lowest BCUT2D eigenvalue weighted by atomic mass is 10.00. The lowest BCUT2D eigenvalue weighted by Crippen LogP contribution is -2.23. The molecule has 0 aromatic carbocycles. The van der Waals surface area contributed by atoms with E-state index >= 15 is 0 Å². The lowest BCUT2D eigenvalue weighted by molar-refractivity contribution is 0.297. The normalized spacial score (nSPS) is 23.5. The molecule has 2 rings (SSSR count). The Labute approximate surface area is 96.9 Å². The van der Waals surface area contributed by atoms with Crippen LogP contribution in [0.1, 0.15) is 0 Å². The largest absolute Gasteiger partial charge is 0.362 e. The van der Waals surface area contributed by atoms with Gasteiger partial charge in [-0.1, -0.05) is 13.2 Å². The van der Waals surface area contributed by atoms with Crippen molar-refractivity contribution in [2.75, 3.05) is 6.61 Å². The van der Waals surface area contributed by atoms with Crippen LogP contribution in [-0.4, -0.2) is 27.0 Å². The van der Waals surface area contributed by atoms with Crippen LogP contribution < -0.4 is 0 Å². The van der Waals surface area contributed by atoms with Crippen molar-refractivity contribution in [1.29, 1.82) is 0 Å². The Morgan fingerprint density at radius 3 is 2.71 bits per heavy atom. The maximum Gasteiger partial charge on any atom is 0.138 e. The average Bonchev–Trinajstić information content (AvgIpc) is 2.84. The molecule has 90 valence electrons. The monoisotopic (exact) mass is 239 g/mol. The summed E-state index contributed by atoms with van der Waals surface area (Å²) in [6.07, 6.45) is 3.55. The third-order valence-electron chi connectivity index (χ3n) is 2.50. The van der Waals surface area contributed by atoms with E-state index in [-0.39, 0.29) is 5.57 Å². The number of rotatable bonds is 5. The van der Waals surface area contributed by atoms with Gasteiger partial charge in [-0.25, -0.2) is 18.4 Å². The van der Waals surface area contributed by atoms with Crippen LogP contribution in [0.2, 0.25) is 0 Å². The zero-order valence-electron chi connectivity index (χ0n) is 9.07. The molecule has 1 saturated heterocycles. The number of nitrogens with zero attached hydrogens (tertiary/aromatic N) is 3. The van der Waals surface area contributed by atoms with Crippen LogP contribution in [-0.2, 0) is 11.3 Å². The Hall–Kier alpha value is -1.82. The number of allylic oxidation sites excluding steroid dienone is 2. The van der Waals surface area contributed by atoms with E-state index in [2.05, 4.69) is 23.2 Å². The quantitative estimate of drug-likeness (QED) is 0.582. The minimum absolute atomic E-state index is 0.0896. The molecule has 0 radical (unpaired) electrons. The van der Waals surface area contributed by atoms with Gasteiger partial charge in [-0.2, -0.15) is 5.10 Å². The minimum atomic E-state index is -0.861. The van der Waals surface area contributed by atoms with Gasteiger partial charge in [-0.05, 0) is 0 Å². The topological polar surface area (TPSA) is 43.2 Å². The standard InChI is InChI=1S/C11H11F2N3O/c1-8(12)3-10(13)9(2)11(5-17-11)4-16-7-14-6-15-16/h3,6-7H,1-2,4-5H2. The first kappa shape index (κ1) is 11.7. The summed E-state index contributed by atoms with van der Waals surface area (Å²) in [6.45, 7) is 7.17. The zero-order chi connectivity index (χ0) is 12.5. The predicted molar refractivity (Wildman–Crippen MR) is 57.3 cm³/mol. The Kier molecular flexibility index (Phi) is 2.89. The van der Waals surface area contributed by atoms with Gasteiger partial charge in [0, 0.05) is 11.6 Å². The Morgan fingerprint density at radius 1 is 1.53 bits per heavy atom. The third kappa shape index (κ3) is 2.47. The van der Waals surface area contributed by atoms with E-state index in [1.165, 1.54) is 17.3 Å². The molecule has 1 unspecified atom stereocenters. The van der Waals surface area contributed by atoms with Crippen molar-refractivity contribution in [2.45, 2.75) is 12.1 Å². The Morgan fingerprint density at radius 2 is 2.24 bits per heavy atom. The third-order valence-corrected chi connectivity index (χ3v) is 2.50. The molecule has 1 aromatic rings. The van der Waals surface area contributed by atoms with Gasteiger partial charge in [0.05, 0.1) is 13.2 Å². The molecule has 1 aliphatic rings. The molecule has 1 aliphatic heterocycles. The van der Waals surface area contributed by atoms with Crippen LogP contribution in [0.3, 0.4) is 0 Å². The number of halogens is 2. The second-order valence-corrected chi connectivity index (χ2v) is 3.79. The summed E-state index contributed by atoms with van der Waals surface area (Å²) in [6, 6.07) is 0. The fraction of sp³-hybridized carbons (Fsp3) is 0.273. The molecule has 2 heterocycles. The zero-order valence-corrected chi connectivity index (χ0v) is 9.07. The Bertz CT molecular complexity index is 475. The van der Waals surface area contributed by atoms with Crippen molar-refractivity contribution in [3.8, 4) is 0 Å². The second-order valence-electron chi connectivity index (χ2n) is 3.79. The van der Waals surface area contributed by atoms with E-state index in [4.69, 9.17) is 4.74 Å². The molecule has 1 aromatic heterocycles. The van der Waals surface area contributed by atoms with Crippen LogP contribution in [0, 0.1) is 0 Å². The van der Waals surface area contributed by atoms with E-state index in [1.807, 2.05) is 0 Å². The van der Waals surface area contributed by atoms with Crippen LogP contribution in [0.4, 0.5) is 8.78 Å². The summed E-state index contributed by atoms with van der Waals surface area (Å²) in [4.78, 5) is 3.77. The van der Waals surface area contributed by atoms with E-state index in [0.29, 0.717) is 19.2 Å². The van der Waals surface area contributed by atoms with Crippen molar-refractivity contribution in [2.24, 2.45) is 0 Å². The second kappa shape index (κ2) is 4.21. The van der Waals surface area contributed by atoms with E-state index in [0.717, 1.165) is 0 Å². The lowest BCUT2D eigenvalue weighted by Gasteiger charge is -2.13.